The third kappa shape index (κ3) is 4.12. The highest BCUT2D eigenvalue weighted by Gasteiger charge is 2.19. The zero-order chi connectivity index (χ0) is 22.7. The van der Waals surface area contributed by atoms with E-state index in [-0.39, 0.29) is 5.91 Å². The molecule has 0 bridgehead atoms. The van der Waals surface area contributed by atoms with Crippen molar-refractivity contribution in [1.29, 1.82) is 0 Å². The number of aryl methyl sites for hydroxylation is 1. The number of ether oxygens (including phenoxy) is 2. The zero-order valence-corrected chi connectivity index (χ0v) is 18.5. The number of nitrogens with one attached hydrogen (secondary N) is 1. The molecule has 32 heavy (non-hydrogen) atoms. The summed E-state index contributed by atoms with van der Waals surface area (Å²) in [7, 11) is 3.26. The molecule has 2 aromatic carbocycles. The van der Waals surface area contributed by atoms with Gasteiger partial charge in [0, 0.05) is 28.2 Å². The average molecular weight is 431 g/mol. The summed E-state index contributed by atoms with van der Waals surface area (Å²) in [5, 5.41) is 3.79. The lowest BCUT2D eigenvalue weighted by Gasteiger charge is -2.13. The van der Waals surface area contributed by atoms with E-state index in [2.05, 4.69) is 5.32 Å². The summed E-state index contributed by atoms with van der Waals surface area (Å²) in [6.45, 7) is 4.17. The highest BCUT2D eigenvalue weighted by atomic mass is 16.5. The second-order valence-corrected chi connectivity index (χ2v) is 7.46. The van der Waals surface area contributed by atoms with Crippen LogP contribution in [0.4, 0.5) is 0 Å². The first-order valence-corrected chi connectivity index (χ1v) is 10.2. The predicted molar refractivity (Wildman–Crippen MR) is 124 cm³/mol. The normalized spacial score (nSPS) is 11.6. The van der Waals surface area contributed by atoms with Gasteiger partial charge in [0.05, 0.1) is 33.3 Å². The van der Waals surface area contributed by atoms with Crippen LogP contribution in [0.5, 0.6) is 11.5 Å². The minimum absolute atomic E-state index is 0.207. The molecule has 0 radical (unpaired) electrons. The summed E-state index contributed by atoms with van der Waals surface area (Å²) >= 11 is 0. The van der Waals surface area contributed by atoms with Crippen LogP contribution in [0.2, 0.25) is 0 Å². The van der Waals surface area contributed by atoms with E-state index in [1.807, 2.05) is 50.2 Å². The fourth-order valence-corrected chi connectivity index (χ4v) is 3.78. The number of hydrogen-bond acceptors (Lipinski definition) is 5. The van der Waals surface area contributed by atoms with Crippen molar-refractivity contribution >= 4 is 22.4 Å². The van der Waals surface area contributed by atoms with Crippen molar-refractivity contribution in [1.82, 2.24) is 5.32 Å². The molecule has 0 fully saturated rings. The minimum Gasteiger partial charge on any atom is -0.497 e. The molecule has 0 aliphatic carbocycles. The van der Waals surface area contributed by atoms with Crippen LogP contribution < -0.4 is 14.8 Å². The molecule has 2 aromatic heterocycles. The lowest BCUT2D eigenvalue weighted by molar-refractivity contribution is -0.116. The second-order valence-electron chi connectivity index (χ2n) is 7.46. The van der Waals surface area contributed by atoms with Gasteiger partial charge in [-0.3, -0.25) is 4.79 Å². The first kappa shape index (κ1) is 21.3. The Bertz CT molecular complexity index is 1260. The summed E-state index contributed by atoms with van der Waals surface area (Å²) in [5.74, 6) is 1.96. The van der Waals surface area contributed by atoms with Gasteiger partial charge in [-0.25, -0.2) is 0 Å². The molecular formula is C26H25NO5. The molecule has 1 amide bonds. The molecule has 0 aliphatic heterocycles. The molecule has 0 aliphatic rings. The SMILES string of the molecule is COc1ccc(-c2coc3c(C)c(OC)c(/C(C)=C/C(=O)NCc4ccco4)cc23)cc1. The maximum absolute atomic E-state index is 12.5. The van der Waals surface area contributed by atoms with E-state index in [9.17, 15) is 4.79 Å². The van der Waals surface area contributed by atoms with Gasteiger partial charge in [0.15, 0.2) is 0 Å². The Morgan fingerprint density at radius 3 is 2.53 bits per heavy atom. The standard InChI is InChI=1S/C26H25NO5/c1-16(12-24(28)27-14-20-6-5-11-31-20)21-13-22-23(18-7-9-19(29-3)10-8-18)15-32-26(22)17(2)25(21)30-4/h5-13,15H,14H2,1-4H3,(H,27,28)/b16-12+. The van der Waals surface area contributed by atoms with Crippen molar-refractivity contribution < 1.29 is 23.1 Å². The van der Waals surface area contributed by atoms with Gasteiger partial charge in [0.1, 0.15) is 22.8 Å². The number of carbonyl (C=O) groups excluding carboxylic acids is 1. The Hall–Kier alpha value is -3.93. The molecule has 0 saturated heterocycles. The topological polar surface area (TPSA) is 73.8 Å². The molecule has 1 N–H and O–H groups in total. The van der Waals surface area contributed by atoms with Gasteiger partial charge in [0.2, 0.25) is 5.91 Å². The van der Waals surface area contributed by atoms with Gasteiger partial charge in [0.25, 0.3) is 0 Å². The largest absolute Gasteiger partial charge is 0.497 e. The first-order valence-electron chi connectivity index (χ1n) is 10.2. The van der Waals surface area contributed by atoms with Crippen LogP contribution >= 0.6 is 0 Å². The Labute approximate surface area is 186 Å². The Balaban J connectivity index is 1.71. The van der Waals surface area contributed by atoms with Crippen molar-refractivity contribution in [2.75, 3.05) is 14.2 Å². The molecule has 6 heteroatoms. The Morgan fingerprint density at radius 2 is 1.88 bits per heavy atom. The lowest BCUT2D eigenvalue weighted by atomic mass is 9.96. The summed E-state index contributed by atoms with van der Waals surface area (Å²) in [6, 6.07) is 13.4. The van der Waals surface area contributed by atoms with E-state index < -0.39 is 0 Å². The molecule has 6 nitrogen and oxygen atoms in total. The monoisotopic (exact) mass is 431 g/mol. The molecule has 164 valence electrons. The lowest BCUT2D eigenvalue weighted by Crippen LogP contribution is -2.20. The van der Waals surface area contributed by atoms with E-state index in [4.69, 9.17) is 18.3 Å². The summed E-state index contributed by atoms with van der Waals surface area (Å²) in [5.41, 5.74) is 5.23. The Kier molecular flexibility index (Phi) is 6.03. The van der Waals surface area contributed by atoms with Gasteiger partial charge in [-0.05, 0) is 55.3 Å². The number of benzene rings is 2. The van der Waals surface area contributed by atoms with E-state index >= 15 is 0 Å². The molecule has 0 unspecified atom stereocenters. The fraction of sp³-hybridized carbons (Fsp3) is 0.192. The molecule has 0 saturated carbocycles. The van der Waals surface area contributed by atoms with E-state index in [1.165, 1.54) is 0 Å². The van der Waals surface area contributed by atoms with Crippen LogP contribution in [0.25, 0.3) is 27.7 Å². The third-order valence-electron chi connectivity index (χ3n) is 5.44. The minimum atomic E-state index is -0.207. The number of hydrogen-bond donors (Lipinski definition) is 1. The van der Waals surface area contributed by atoms with E-state index in [0.29, 0.717) is 18.1 Å². The predicted octanol–water partition coefficient (Wildman–Crippen LogP) is 5.74. The van der Waals surface area contributed by atoms with Gasteiger partial charge in [-0.1, -0.05) is 12.1 Å². The maximum atomic E-state index is 12.5. The maximum Gasteiger partial charge on any atom is 0.244 e. The van der Waals surface area contributed by atoms with E-state index in [1.54, 1.807) is 38.9 Å². The Morgan fingerprint density at radius 1 is 1.09 bits per heavy atom. The van der Waals surface area contributed by atoms with Crippen molar-refractivity contribution in [3.63, 3.8) is 0 Å². The molecule has 2 heterocycles. The van der Waals surface area contributed by atoms with Crippen molar-refractivity contribution in [3.8, 4) is 22.6 Å². The van der Waals surface area contributed by atoms with Crippen LogP contribution in [0, 0.1) is 6.92 Å². The van der Waals surface area contributed by atoms with Crippen molar-refractivity contribution in [2.24, 2.45) is 0 Å². The highest BCUT2D eigenvalue weighted by Crippen LogP contribution is 2.40. The summed E-state index contributed by atoms with van der Waals surface area (Å²) < 4.78 is 22.1. The first-order chi connectivity index (χ1) is 15.5. The molecule has 4 rings (SSSR count). The quantitative estimate of drug-likeness (QED) is 0.378. The van der Waals surface area contributed by atoms with Crippen LogP contribution in [0.15, 0.2) is 69.9 Å². The van der Waals surface area contributed by atoms with Crippen LogP contribution in [0.3, 0.4) is 0 Å². The number of amides is 1. The zero-order valence-electron chi connectivity index (χ0n) is 18.5. The van der Waals surface area contributed by atoms with Crippen molar-refractivity contribution in [3.05, 3.63) is 78.0 Å². The number of carbonyl (C=O) groups is 1. The van der Waals surface area contributed by atoms with Gasteiger partial charge in [-0.2, -0.15) is 0 Å². The van der Waals surface area contributed by atoms with Gasteiger partial charge < -0.3 is 23.6 Å². The average Bonchev–Trinajstić information content (AvgIpc) is 3.48. The van der Waals surface area contributed by atoms with Gasteiger partial charge in [-0.15, -0.1) is 0 Å². The van der Waals surface area contributed by atoms with Crippen LogP contribution in [0.1, 0.15) is 23.8 Å². The summed E-state index contributed by atoms with van der Waals surface area (Å²) in [6.07, 6.45) is 4.90. The number of fused-ring (bicyclic) bond motifs is 1. The molecular weight excluding hydrogens is 406 g/mol. The second kappa shape index (κ2) is 9.06. The van der Waals surface area contributed by atoms with Crippen LogP contribution in [-0.2, 0) is 11.3 Å². The highest BCUT2D eigenvalue weighted by molar-refractivity contribution is 6.01. The molecule has 0 atom stereocenters. The van der Waals surface area contributed by atoms with Crippen molar-refractivity contribution in [2.45, 2.75) is 20.4 Å². The fourth-order valence-electron chi connectivity index (χ4n) is 3.78. The number of allylic oxidation sites excluding steroid dienone is 1. The summed E-state index contributed by atoms with van der Waals surface area (Å²) in [4.78, 5) is 12.5. The van der Waals surface area contributed by atoms with E-state index in [0.717, 1.165) is 44.5 Å². The number of methoxy groups -OCH3 is 2. The molecule has 0 spiro atoms. The third-order valence-corrected chi connectivity index (χ3v) is 5.44. The van der Waals surface area contributed by atoms with Gasteiger partial charge >= 0.3 is 0 Å². The number of furan rings is 2. The smallest absolute Gasteiger partial charge is 0.244 e. The number of rotatable bonds is 7. The van der Waals surface area contributed by atoms with Crippen LogP contribution in [-0.4, -0.2) is 20.1 Å². The molecule has 4 aromatic rings.